The molecule has 0 aliphatic carbocycles. The first-order valence-electron chi connectivity index (χ1n) is 9.36. The third-order valence-electron chi connectivity index (χ3n) is 4.66. The van der Waals surface area contributed by atoms with E-state index in [2.05, 4.69) is 46.2 Å². The number of nitrogens with one attached hydrogen (secondary N) is 1. The summed E-state index contributed by atoms with van der Waals surface area (Å²) in [5, 5.41) is 3.26. The summed E-state index contributed by atoms with van der Waals surface area (Å²) < 4.78 is 0. The van der Waals surface area contributed by atoms with E-state index < -0.39 is 0 Å². The SMILES string of the molecule is CCCCCC(CCC)N(C=NC)Cc1ccnc2c1CC=CN2. The van der Waals surface area contributed by atoms with Crippen molar-refractivity contribution in [3.63, 3.8) is 0 Å². The van der Waals surface area contributed by atoms with E-state index in [-0.39, 0.29) is 0 Å². The molecule has 0 fully saturated rings. The number of fused-ring (bicyclic) bond motifs is 1. The van der Waals surface area contributed by atoms with Crippen LogP contribution in [0.1, 0.15) is 63.5 Å². The molecule has 0 bridgehead atoms. The van der Waals surface area contributed by atoms with Crippen molar-refractivity contribution < 1.29 is 0 Å². The third-order valence-corrected chi connectivity index (χ3v) is 4.66. The zero-order chi connectivity index (χ0) is 17.2. The maximum absolute atomic E-state index is 4.46. The predicted molar refractivity (Wildman–Crippen MR) is 104 cm³/mol. The number of allylic oxidation sites excluding steroid dienone is 1. The molecule has 1 N–H and O–H groups in total. The van der Waals surface area contributed by atoms with Gasteiger partial charge in [0, 0.05) is 31.4 Å². The quantitative estimate of drug-likeness (QED) is 0.382. The molecule has 2 heterocycles. The summed E-state index contributed by atoms with van der Waals surface area (Å²) >= 11 is 0. The van der Waals surface area contributed by atoms with Crippen LogP contribution in [-0.2, 0) is 13.0 Å². The number of pyridine rings is 1. The Bertz CT molecular complexity index is 551. The Kier molecular flexibility index (Phi) is 7.80. The van der Waals surface area contributed by atoms with Gasteiger partial charge in [-0.25, -0.2) is 4.98 Å². The zero-order valence-corrected chi connectivity index (χ0v) is 15.5. The Balaban J connectivity index is 2.15. The number of hydrogen-bond donors (Lipinski definition) is 1. The fourth-order valence-electron chi connectivity index (χ4n) is 3.40. The number of rotatable bonds is 10. The van der Waals surface area contributed by atoms with Gasteiger partial charge in [0.05, 0.1) is 6.34 Å². The van der Waals surface area contributed by atoms with Gasteiger partial charge < -0.3 is 10.2 Å². The van der Waals surface area contributed by atoms with Gasteiger partial charge in [0.25, 0.3) is 0 Å². The number of aliphatic imine (C=N–C) groups is 1. The molecule has 0 amide bonds. The van der Waals surface area contributed by atoms with Gasteiger partial charge in [0.1, 0.15) is 5.82 Å². The van der Waals surface area contributed by atoms with Crippen LogP contribution in [0.5, 0.6) is 0 Å². The van der Waals surface area contributed by atoms with Gasteiger partial charge in [-0.1, -0.05) is 45.6 Å². The molecule has 0 saturated heterocycles. The van der Waals surface area contributed by atoms with E-state index in [1.54, 1.807) is 0 Å². The standard InChI is InChI=1S/C20H32N4/c1-4-6-7-10-18(9-5-2)24(16-21-3)15-17-12-14-23-20-19(17)11-8-13-22-20/h8,12-14,16,18H,4-7,9-11,15H2,1-3H3,(H,22,23). The van der Waals surface area contributed by atoms with E-state index in [0.29, 0.717) is 6.04 Å². The summed E-state index contributed by atoms with van der Waals surface area (Å²) in [6.45, 7) is 5.45. The molecule has 1 aliphatic heterocycles. The number of nitrogens with zero attached hydrogens (tertiary/aromatic N) is 3. The molecule has 24 heavy (non-hydrogen) atoms. The topological polar surface area (TPSA) is 40.5 Å². The van der Waals surface area contributed by atoms with Crippen molar-refractivity contribution >= 4 is 12.2 Å². The van der Waals surface area contributed by atoms with Crippen LogP contribution in [0, 0.1) is 0 Å². The highest BCUT2D eigenvalue weighted by Crippen LogP contribution is 2.24. The maximum atomic E-state index is 4.46. The van der Waals surface area contributed by atoms with Crippen LogP contribution in [0.4, 0.5) is 5.82 Å². The van der Waals surface area contributed by atoms with E-state index >= 15 is 0 Å². The molecule has 4 heteroatoms. The second-order valence-electron chi connectivity index (χ2n) is 6.53. The number of aromatic nitrogens is 1. The molecule has 0 aromatic carbocycles. The Morgan fingerprint density at radius 1 is 1.29 bits per heavy atom. The Morgan fingerprint density at radius 2 is 2.17 bits per heavy atom. The minimum atomic E-state index is 0.571. The second-order valence-corrected chi connectivity index (χ2v) is 6.53. The lowest BCUT2D eigenvalue weighted by Crippen LogP contribution is -2.34. The highest BCUT2D eigenvalue weighted by molar-refractivity contribution is 5.57. The first-order chi connectivity index (χ1) is 11.8. The van der Waals surface area contributed by atoms with Gasteiger partial charge in [-0.05, 0) is 37.1 Å². The van der Waals surface area contributed by atoms with Gasteiger partial charge in [0.15, 0.2) is 0 Å². The van der Waals surface area contributed by atoms with Gasteiger partial charge >= 0.3 is 0 Å². The van der Waals surface area contributed by atoms with Crippen LogP contribution in [0.25, 0.3) is 0 Å². The summed E-state index contributed by atoms with van der Waals surface area (Å²) in [5.74, 6) is 1.00. The van der Waals surface area contributed by atoms with Crippen LogP contribution in [0.15, 0.2) is 29.5 Å². The van der Waals surface area contributed by atoms with E-state index in [9.17, 15) is 0 Å². The largest absolute Gasteiger partial charge is 0.356 e. The molecule has 2 rings (SSSR count). The summed E-state index contributed by atoms with van der Waals surface area (Å²) in [5.41, 5.74) is 2.67. The number of unbranched alkanes of at least 4 members (excludes halogenated alkanes) is 2. The molecule has 1 aromatic rings. The minimum Gasteiger partial charge on any atom is -0.356 e. The van der Waals surface area contributed by atoms with Crippen molar-refractivity contribution in [2.45, 2.75) is 71.4 Å². The van der Waals surface area contributed by atoms with E-state index in [0.717, 1.165) is 18.8 Å². The Labute approximate surface area is 147 Å². The van der Waals surface area contributed by atoms with E-state index in [1.165, 1.54) is 49.7 Å². The number of anilines is 1. The smallest absolute Gasteiger partial charge is 0.133 e. The van der Waals surface area contributed by atoms with Gasteiger partial charge in [-0.3, -0.25) is 4.99 Å². The average molecular weight is 329 g/mol. The maximum Gasteiger partial charge on any atom is 0.133 e. The lowest BCUT2D eigenvalue weighted by Gasteiger charge is -2.31. The van der Waals surface area contributed by atoms with Crippen LogP contribution < -0.4 is 5.32 Å². The molecule has 1 atom stereocenters. The van der Waals surface area contributed by atoms with Crippen LogP contribution in [0.3, 0.4) is 0 Å². The molecular formula is C20H32N4. The molecule has 4 nitrogen and oxygen atoms in total. The van der Waals surface area contributed by atoms with E-state index in [1.807, 2.05) is 25.8 Å². The molecular weight excluding hydrogens is 296 g/mol. The summed E-state index contributed by atoms with van der Waals surface area (Å²) in [6.07, 6.45) is 16.6. The zero-order valence-electron chi connectivity index (χ0n) is 15.5. The fraction of sp³-hybridized carbons (Fsp3) is 0.600. The van der Waals surface area contributed by atoms with Gasteiger partial charge in [0.2, 0.25) is 0 Å². The summed E-state index contributed by atoms with van der Waals surface area (Å²) in [6, 6.07) is 2.73. The molecule has 0 saturated carbocycles. The molecule has 1 aliphatic rings. The number of hydrogen-bond acceptors (Lipinski definition) is 3. The lowest BCUT2D eigenvalue weighted by molar-refractivity contribution is 0.272. The highest BCUT2D eigenvalue weighted by atomic mass is 15.2. The van der Waals surface area contributed by atoms with Crippen LogP contribution >= 0.6 is 0 Å². The minimum absolute atomic E-state index is 0.571. The van der Waals surface area contributed by atoms with Crippen molar-refractivity contribution in [2.24, 2.45) is 4.99 Å². The first-order valence-corrected chi connectivity index (χ1v) is 9.36. The van der Waals surface area contributed by atoms with Crippen molar-refractivity contribution in [2.75, 3.05) is 12.4 Å². The van der Waals surface area contributed by atoms with Crippen LogP contribution in [0.2, 0.25) is 0 Å². The van der Waals surface area contributed by atoms with Crippen molar-refractivity contribution in [3.8, 4) is 0 Å². The Morgan fingerprint density at radius 3 is 2.92 bits per heavy atom. The predicted octanol–water partition coefficient (Wildman–Crippen LogP) is 4.77. The summed E-state index contributed by atoms with van der Waals surface area (Å²) in [4.78, 5) is 11.2. The van der Waals surface area contributed by atoms with Crippen molar-refractivity contribution in [3.05, 3.63) is 35.7 Å². The summed E-state index contributed by atoms with van der Waals surface area (Å²) in [7, 11) is 1.87. The molecule has 1 unspecified atom stereocenters. The van der Waals surface area contributed by atoms with E-state index in [4.69, 9.17) is 0 Å². The normalized spacial score (nSPS) is 14.5. The molecule has 1 aromatic heterocycles. The van der Waals surface area contributed by atoms with Gasteiger partial charge in [-0.15, -0.1) is 0 Å². The monoisotopic (exact) mass is 328 g/mol. The van der Waals surface area contributed by atoms with Crippen molar-refractivity contribution in [1.82, 2.24) is 9.88 Å². The molecule has 0 spiro atoms. The highest BCUT2D eigenvalue weighted by Gasteiger charge is 2.18. The molecule has 132 valence electrons. The Hall–Kier alpha value is -1.84. The molecule has 0 radical (unpaired) electrons. The first kappa shape index (κ1) is 18.5. The van der Waals surface area contributed by atoms with Gasteiger partial charge in [-0.2, -0.15) is 0 Å². The van der Waals surface area contributed by atoms with Crippen molar-refractivity contribution in [1.29, 1.82) is 0 Å². The fourth-order valence-corrected chi connectivity index (χ4v) is 3.40. The van der Waals surface area contributed by atoms with Crippen LogP contribution in [-0.4, -0.2) is 29.3 Å². The average Bonchev–Trinajstić information content (AvgIpc) is 2.61. The lowest BCUT2D eigenvalue weighted by atomic mass is 10.00. The third kappa shape index (κ3) is 5.08. The second kappa shape index (κ2) is 10.1.